The van der Waals surface area contributed by atoms with Crippen LogP contribution in [0.15, 0.2) is 12.1 Å². The van der Waals surface area contributed by atoms with Crippen LogP contribution in [0.1, 0.15) is 17.2 Å². The van der Waals surface area contributed by atoms with E-state index in [-0.39, 0.29) is 11.1 Å². The van der Waals surface area contributed by atoms with Crippen molar-refractivity contribution in [3.63, 3.8) is 0 Å². The maximum absolute atomic E-state index is 10.7. The molecule has 8 nitrogen and oxygen atoms in total. The fraction of sp³-hybridized carbons (Fsp3) is 0.333. The fourth-order valence-corrected chi connectivity index (χ4v) is 1.44. The first kappa shape index (κ1) is 13.0. The maximum atomic E-state index is 10.7. The lowest BCUT2D eigenvalue weighted by Gasteiger charge is -2.10. The van der Waals surface area contributed by atoms with Gasteiger partial charge in [0.15, 0.2) is 0 Å². The van der Waals surface area contributed by atoms with Gasteiger partial charge >= 0.3 is 0 Å². The van der Waals surface area contributed by atoms with E-state index < -0.39 is 33.9 Å². The van der Waals surface area contributed by atoms with E-state index >= 15 is 0 Å². The molecule has 0 aliphatic rings. The van der Waals surface area contributed by atoms with Crippen LogP contribution in [0.4, 0.5) is 11.4 Å². The van der Waals surface area contributed by atoms with E-state index in [1.54, 1.807) is 0 Å². The Morgan fingerprint density at radius 3 is 2.29 bits per heavy atom. The molecule has 0 saturated carbocycles. The predicted octanol–water partition coefficient (Wildman–Crippen LogP) is 0.837. The average Bonchev–Trinajstić information content (AvgIpc) is 2.27. The number of non-ortho nitro benzene ring substituents is 1. The number of rotatable bonds is 4. The van der Waals surface area contributed by atoms with Crippen LogP contribution in [-0.4, -0.2) is 26.7 Å². The van der Waals surface area contributed by atoms with Gasteiger partial charge in [-0.25, -0.2) is 0 Å². The fourth-order valence-electron chi connectivity index (χ4n) is 1.44. The highest BCUT2D eigenvalue weighted by Crippen LogP contribution is 2.31. The van der Waals surface area contributed by atoms with Crippen molar-refractivity contribution in [2.24, 2.45) is 0 Å². The number of hydrogen-bond donors (Lipinski definition) is 2. The smallest absolute Gasteiger partial charge is 0.279 e. The second kappa shape index (κ2) is 4.85. The van der Waals surface area contributed by atoms with E-state index in [2.05, 4.69) is 0 Å². The molecular weight excluding hydrogens is 232 g/mol. The molecule has 0 amide bonds. The number of nitro groups is 2. The summed E-state index contributed by atoms with van der Waals surface area (Å²) >= 11 is 0. The summed E-state index contributed by atoms with van der Waals surface area (Å²) in [6.07, 6.45) is -1.38. The number of hydrogen-bond acceptors (Lipinski definition) is 6. The molecular formula is C9H10N2O6. The Morgan fingerprint density at radius 1 is 1.29 bits per heavy atom. The lowest BCUT2D eigenvalue weighted by atomic mass is 10.0. The van der Waals surface area contributed by atoms with Crippen molar-refractivity contribution in [1.82, 2.24) is 0 Å². The lowest BCUT2D eigenvalue weighted by Crippen LogP contribution is -2.07. The molecule has 0 aliphatic heterocycles. The second-order valence-corrected chi connectivity index (χ2v) is 3.39. The molecule has 0 fully saturated rings. The van der Waals surface area contributed by atoms with Crippen LogP contribution >= 0.6 is 0 Å². The Hall–Kier alpha value is -2.06. The first-order valence-electron chi connectivity index (χ1n) is 4.60. The molecule has 1 atom stereocenters. The zero-order valence-electron chi connectivity index (χ0n) is 8.86. The van der Waals surface area contributed by atoms with Gasteiger partial charge in [0.05, 0.1) is 22.5 Å². The number of aliphatic hydroxyl groups is 2. The molecule has 0 radical (unpaired) electrons. The van der Waals surface area contributed by atoms with Crippen LogP contribution in [0, 0.1) is 27.2 Å². The van der Waals surface area contributed by atoms with Crippen LogP contribution in [0.3, 0.4) is 0 Å². The molecule has 1 unspecified atom stereocenters. The summed E-state index contributed by atoms with van der Waals surface area (Å²) in [6.45, 7) is 0.690. The largest absolute Gasteiger partial charge is 0.393 e. The van der Waals surface area contributed by atoms with Crippen LogP contribution in [0.5, 0.6) is 0 Å². The Kier molecular flexibility index (Phi) is 3.71. The number of nitrogens with zero attached hydrogens (tertiary/aromatic N) is 2. The maximum Gasteiger partial charge on any atom is 0.279 e. The van der Waals surface area contributed by atoms with E-state index in [0.717, 1.165) is 12.1 Å². The Labute approximate surface area is 95.4 Å². The van der Waals surface area contributed by atoms with E-state index in [4.69, 9.17) is 5.11 Å². The minimum Gasteiger partial charge on any atom is -0.393 e. The molecule has 92 valence electrons. The summed E-state index contributed by atoms with van der Waals surface area (Å²) in [5.74, 6) is 0. The molecule has 1 aromatic carbocycles. The highest BCUT2D eigenvalue weighted by atomic mass is 16.6. The Morgan fingerprint density at radius 2 is 1.88 bits per heavy atom. The first-order valence-corrected chi connectivity index (χ1v) is 4.60. The summed E-state index contributed by atoms with van der Waals surface area (Å²) < 4.78 is 0. The molecule has 8 heteroatoms. The van der Waals surface area contributed by atoms with Crippen molar-refractivity contribution in [3.05, 3.63) is 43.5 Å². The molecule has 0 spiro atoms. The topological polar surface area (TPSA) is 127 Å². The zero-order valence-corrected chi connectivity index (χ0v) is 8.86. The molecule has 1 rings (SSSR count). The highest BCUT2D eigenvalue weighted by Gasteiger charge is 2.24. The van der Waals surface area contributed by atoms with Crippen molar-refractivity contribution in [2.75, 3.05) is 6.61 Å². The third-order valence-corrected chi connectivity index (χ3v) is 2.34. The Bertz CT molecular complexity index is 473. The SMILES string of the molecule is Cc1c(C(O)CO)cc([N+](=O)[O-])cc1[N+](=O)[O-]. The summed E-state index contributed by atoms with van der Waals surface area (Å²) in [5.41, 5.74) is -0.873. The number of nitro benzene ring substituents is 2. The Balaban J connectivity index is 3.48. The number of aliphatic hydroxyl groups excluding tert-OH is 2. The molecule has 1 aromatic rings. The molecule has 17 heavy (non-hydrogen) atoms. The van der Waals surface area contributed by atoms with E-state index in [0.29, 0.717) is 0 Å². The van der Waals surface area contributed by atoms with Gasteiger partial charge in [0, 0.05) is 11.6 Å². The standard InChI is InChI=1S/C9H10N2O6/c1-5-7(9(13)4-12)2-6(10(14)15)3-8(5)11(16)17/h2-3,9,12-13H,4H2,1H3. The molecule has 0 heterocycles. The molecule has 2 N–H and O–H groups in total. The van der Waals surface area contributed by atoms with Gasteiger partial charge in [-0.2, -0.15) is 0 Å². The van der Waals surface area contributed by atoms with Crippen molar-refractivity contribution in [1.29, 1.82) is 0 Å². The zero-order chi connectivity index (χ0) is 13.2. The van der Waals surface area contributed by atoms with Gasteiger partial charge in [0.25, 0.3) is 11.4 Å². The summed E-state index contributed by atoms with van der Waals surface area (Å²) in [4.78, 5) is 19.7. The number of benzene rings is 1. The van der Waals surface area contributed by atoms with Gasteiger partial charge in [0.1, 0.15) is 6.10 Å². The van der Waals surface area contributed by atoms with E-state index in [1.807, 2.05) is 0 Å². The van der Waals surface area contributed by atoms with Gasteiger partial charge in [-0.3, -0.25) is 20.2 Å². The van der Waals surface area contributed by atoms with Crippen molar-refractivity contribution < 1.29 is 20.1 Å². The van der Waals surface area contributed by atoms with Gasteiger partial charge in [0.2, 0.25) is 0 Å². The first-order chi connectivity index (χ1) is 7.88. The van der Waals surface area contributed by atoms with Crippen LogP contribution in [0.2, 0.25) is 0 Å². The quantitative estimate of drug-likeness (QED) is 0.594. The monoisotopic (exact) mass is 242 g/mol. The minimum atomic E-state index is -1.38. The predicted molar refractivity (Wildman–Crippen MR) is 56.5 cm³/mol. The third-order valence-electron chi connectivity index (χ3n) is 2.34. The second-order valence-electron chi connectivity index (χ2n) is 3.39. The van der Waals surface area contributed by atoms with Gasteiger partial charge in [-0.05, 0) is 12.5 Å². The van der Waals surface area contributed by atoms with Crippen LogP contribution in [-0.2, 0) is 0 Å². The van der Waals surface area contributed by atoms with Crippen molar-refractivity contribution >= 4 is 11.4 Å². The summed E-state index contributed by atoms with van der Waals surface area (Å²) in [5, 5.41) is 39.5. The lowest BCUT2D eigenvalue weighted by molar-refractivity contribution is -0.394. The average molecular weight is 242 g/mol. The van der Waals surface area contributed by atoms with Crippen molar-refractivity contribution in [2.45, 2.75) is 13.0 Å². The minimum absolute atomic E-state index is 0.0200. The van der Waals surface area contributed by atoms with Crippen LogP contribution < -0.4 is 0 Å². The van der Waals surface area contributed by atoms with E-state index in [9.17, 15) is 25.3 Å². The molecule has 0 aromatic heterocycles. The van der Waals surface area contributed by atoms with Gasteiger partial charge in [-0.1, -0.05) is 0 Å². The van der Waals surface area contributed by atoms with E-state index in [1.165, 1.54) is 6.92 Å². The van der Waals surface area contributed by atoms with Gasteiger partial charge < -0.3 is 10.2 Å². The van der Waals surface area contributed by atoms with Gasteiger partial charge in [-0.15, -0.1) is 0 Å². The molecule has 0 saturated heterocycles. The normalized spacial score (nSPS) is 12.2. The summed E-state index contributed by atoms with van der Waals surface area (Å²) in [6, 6.07) is 1.84. The molecule has 0 aliphatic carbocycles. The summed E-state index contributed by atoms with van der Waals surface area (Å²) in [7, 11) is 0. The van der Waals surface area contributed by atoms with Crippen molar-refractivity contribution in [3.8, 4) is 0 Å². The van der Waals surface area contributed by atoms with Crippen LogP contribution in [0.25, 0.3) is 0 Å². The third kappa shape index (κ3) is 2.55. The highest BCUT2D eigenvalue weighted by molar-refractivity contribution is 5.53. The molecule has 0 bridgehead atoms.